The first-order chi connectivity index (χ1) is 15.9. The second-order valence-corrected chi connectivity index (χ2v) is 11.2. The van der Waals surface area contributed by atoms with Crippen LogP contribution in [0.25, 0.3) is 0 Å². The lowest BCUT2D eigenvalue weighted by atomic mass is 9.92. The number of halogens is 7. The molecule has 2 amide bonds. The van der Waals surface area contributed by atoms with Crippen LogP contribution in [0, 0.1) is 11.5 Å². The number of hydrogen-bond acceptors (Lipinski definition) is 5. The van der Waals surface area contributed by atoms with Gasteiger partial charge in [0.05, 0.1) is 12.6 Å². The van der Waals surface area contributed by atoms with Crippen molar-refractivity contribution in [1.82, 2.24) is 10.2 Å². The Morgan fingerprint density at radius 3 is 2.23 bits per heavy atom. The Morgan fingerprint density at radius 1 is 1.14 bits per heavy atom. The molecule has 0 spiro atoms. The summed E-state index contributed by atoms with van der Waals surface area (Å²) in [6, 6.07) is -0.484. The van der Waals surface area contributed by atoms with Gasteiger partial charge in [-0.1, -0.05) is 19.4 Å². The summed E-state index contributed by atoms with van der Waals surface area (Å²) in [5.41, 5.74) is -0.329. The molecule has 1 aliphatic carbocycles. The molecule has 1 aromatic rings. The fourth-order valence-electron chi connectivity index (χ4n) is 4.12. The normalized spacial score (nSPS) is 24.7. The van der Waals surface area contributed by atoms with E-state index in [2.05, 4.69) is 5.32 Å². The van der Waals surface area contributed by atoms with Crippen LogP contribution < -0.4 is 10.2 Å². The molecule has 1 aliphatic heterocycles. The largest absolute Gasteiger partial charge is 0.391 e. The fourth-order valence-corrected chi connectivity index (χ4v) is 4.77. The summed E-state index contributed by atoms with van der Waals surface area (Å²) >= 11 is 0. The third-order valence-corrected chi connectivity index (χ3v) is 7.10. The average Bonchev–Trinajstić information content (AvgIpc) is 3.12. The minimum atomic E-state index is -9.99. The molecule has 196 valence electrons. The van der Waals surface area contributed by atoms with Crippen molar-refractivity contribution in [3.63, 3.8) is 0 Å². The number of hydrogen-bond donors (Lipinski definition) is 2. The Labute approximate surface area is 196 Å². The Hall–Kier alpha value is -2.73. The molecule has 2 aliphatic rings. The van der Waals surface area contributed by atoms with Crippen molar-refractivity contribution in [2.75, 3.05) is 18.0 Å². The predicted molar refractivity (Wildman–Crippen MR) is 112 cm³/mol. The lowest BCUT2D eigenvalue weighted by molar-refractivity contribution is -0.126. The molecule has 2 N–H and O–H groups in total. The van der Waals surface area contributed by atoms with Crippen molar-refractivity contribution >= 4 is 27.7 Å². The molecular formula is C20H23F7N4O3S. The standard InChI is InChI=1S/C20H23F7N4O3S/c21-20(22)7-5-13(6-8-20)29-18(33)11-31(19(34)17-9-15(32)10-30(17)12-28)14-1-3-16(4-2-14)35(23,24,25,26)27/h1-4,13,15,17,32H,5-11H2,(H,29,33). The van der Waals surface area contributed by atoms with Gasteiger partial charge in [0, 0.05) is 31.0 Å². The number of carbonyl (C=O) groups is 2. The zero-order valence-corrected chi connectivity index (χ0v) is 19.0. The van der Waals surface area contributed by atoms with E-state index < -0.39 is 70.4 Å². The van der Waals surface area contributed by atoms with Gasteiger partial charge in [-0.25, -0.2) is 8.78 Å². The van der Waals surface area contributed by atoms with Crippen molar-refractivity contribution in [2.24, 2.45) is 0 Å². The molecule has 1 aromatic carbocycles. The maximum atomic E-state index is 13.3. The zero-order valence-electron chi connectivity index (χ0n) is 18.2. The molecule has 15 heteroatoms. The molecule has 1 saturated carbocycles. The molecule has 2 unspecified atom stereocenters. The van der Waals surface area contributed by atoms with Gasteiger partial charge in [0.2, 0.25) is 11.8 Å². The number of β-amino-alcohol motifs (C(OH)–C–C–N with tert-alkyl or cyclic N) is 1. The topological polar surface area (TPSA) is 96.7 Å². The first-order valence-electron chi connectivity index (χ1n) is 10.6. The first kappa shape index (κ1) is 26.9. The van der Waals surface area contributed by atoms with Gasteiger partial charge in [-0.2, -0.15) is 5.26 Å². The number of carbonyl (C=O) groups excluding carboxylic acids is 2. The fraction of sp³-hybridized carbons (Fsp3) is 0.550. The van der Waals surface area contributed by atoms with Gasteiger partial charge in [0.25, 0.3) is 5.91 Å². The van der Waals surface area contributed by atoms with Gasteiger partial charge >= 0.3 is 10.2 Å². The van der Waals surface area contributed by atoms with E-state index in [0.29, 0.717) is 12.1 Å². The van der Waals surface area contributed by atoms with Crippen molar-refractivity contribution in [1.29, 1.82) is 5.26 Å². The summed E-state index contributed by atoms with van der Waals surface area (Å²) in [6.45, 7) is -0.959. The molecular weight excluding hydrogens is 509 g/mol. The van der Waals surface area contributed by atoms with E-state index in [0.717, 1.165) is 9.80 Å². The zero-order chi connectivity index (χ0) is 26.3. The van der Waals surface area contributed by atoms with E-state index in [9.17, 15) is 48.2 Å². The molecule has 1 saturated heterocycles. The third-order valence-electron chi connectivity index (χ3n) is 5.94. The summed E-state index contributed by atoms with van der Waals surface area (Å²) in [6.07, 6.45) is -0.504. The van der Waals surface area contributed by atoms with Gasteiger partial charge in [-0.05, 0) is 37.1 Å². The number of nitrogens with zero attached hydrogens (tertiary/aromatic N) is 3. The quantitative estimate of drug-likeness (QED) is 0.421. The summed E-state index contributed by atoms with van der Waals surface area (Å²) in [7, 11) is -9.99. The third kappa shape index (κ3) is 6.69. The molecule has 0 bridgehead atoms. The van der Waals surface area contributed by atoms with Crippen LogP contribution >= 0.6 is 10.2 Å². The number of aliphatic hydroxyl groups excluding tert-OH is 1. The van der Waals surface area contributed by atoms with E-state index in [1.807, 2.05) is 0 Å². The van der Waals surface area contributed by atoms with Crippen LogP contribution in [0.5, 0.6) is 0 Å². The average molecular weight is 532 g/mol. The number of rotatable bonds is 6. The van der Waals surface area contributed by atoms with Crippen LogP contribution in [0.15, 0.2) is 29.2 Å². The summed E-state index contributed by atoms with van der Waals surface area (Å²) in [4.78, 5) is 25.2. The van der Waals surface area contributed by atoms with Gasteiger partial charge in [-0.15, -0.1) is 0 Å². The van der Waals surface area contributed by atoms with E-state index in [-0.39, 0.29) is 43.6 Å². The van der Waals surface area contributed by atoms with Gasteiger partial charge < -0.3 is 15.3 Å². The summed E-state index contributed by atoms with van der Waals surface area (Å²) in [5, 5.41) is 21.5. The van der Waals surface area contributed by atoms with E-state index in [1.165, 1.54) is 0 Å². The van der Waals surface area contributed by atoms with Gasteiger partial charge in [0.1, 0.15) is 17.5 Å². The van der Waals surface area contributed by atoms with E-state index in [4.69, 9.17) is 0 Å². The minimum Gasteiger partial charge on any atom is -0.391 e. The number of nitrogens with one attached hydrogen (secondary N) is 1. The van der Waals surface area contributed by atoms with Crippen LogP contribution in [-0.2, 0) is 9.59 Å². The number of likely N-dealkylation sites (tertiary alicyclic amines) is 1. The smallest absolute Gasteiger partial charge is 0.310 e. The highest BCUT2D eigenvalue weighted by molar-refractivity contribution is 8.45. The van der Waals surface area contributed by atoms with Crippen molar-refractivity contribution in [3.8, 4) is 6.19 Å². The van der Waals surface area contributed by atoms with Crippen LogP contribution in [-0.4, -0.2) is 59.0 Å². The number of aliphatic hydroxyl groups is 1. The highest BCUT2D eigenvalue weighted by atomic mass is 32.5. The number of nitriles is 1. The second-order valence-electron chi connectivity index (χ2n) is 8.74. The molecule has 35 heavy (non-hydrogen) atoms. The number of benzene rings is 1. The Balaban J connectivity index is 1.84. The Morgan fingerprint density at radius 2 is 1.71 bits per heavy atom. The maximum absolute atomic E-state index is 13.3. The summed E-state index contributed by atoms with van der Waals surface area (Å²) in [5.74, 6) is -4.58. The van der Waals surface area contributed by atoms with Crippen LogP contribution in [0.3, 0.4) is 0 Å². The SMILES string of the molecule is N#CN1CC(O)CC1C(=O)N(CC(=O)NC1CCC(F)(F)CC1)c1ccc(S(F)(F)(F)(F)F)cc1. The Bertz CT molecular complexity index is 1020. The maximum Gasteiger partial charge on any atom is 0.310 e. The lowest BCUT2D eigenvalue weighted by Crippen LogP contribution is -2.50. The van der Waals surface area contributed by atoms with Crippen LogP contribution in [0.4, 0.5) is 33.9 Å². The lowest BCUT2D eigenvalue weighted by Gasteiger charge is -2.40. The number of anilines is 1. The van der Waals surface area contributed by atoms with E-state index >= 15 is 0 Å². The molecule has 1 heterocycles. The second kappa shape index (κ2) is 8.44. The number of alkyl halides is 2. The van der Waals surface area contributed by atoms with Gasteiger partial charge in [-0.3, -0.25) is 14.5 Å². The number of amides is 2. The van der Waals surface area contributed by atoms with E-state index in [1.54, 1.807) is 6.19 Å². The molecule has 0 radical (unpaired) electrons. The molecule has 3 rings (SSSR count). The molecule has 0 aromatic heterocycles. The van der Waals surface area contributed by atoms with Crippen LogP contribution in [0.1, 0.15) is 32.1 Å². The Kier molecular flexibility index (Phi) is 6.48. The monoisotopic (exact) mass is 532 g/mol. The van der Waals surface area contributed by atoms with Crippen molar-refractivity contribution in [3.05, 3.63) is 24.3 Å². The minimum absolute atomic E-state index is 0.0255. The van der Waals surface area contributed by atoms with Gasteiger partial charge in [0.15, 0.2) is 6.19 Å². The molecule has 7 nitrogen and oxygen atoms in total. The summed E-state index contributed by atoms with van der Waals surface area (Å²) < 4.78 is 92.1. The van der Waals surface area contributed by atoms with Crippen molar-refractivity contribution in [2.45, 2.75) is 61.1 Å². The van der Waals surface area contributed by atoms with Crippen LogP contribution in [0.2, 0.25) is 0 Å². The van der Waals surface area contributed by atoms with Crippen molar-refractivity contribution < 1.29 is 42.9 Å². The molecule has 2 fully saturated rings. The first-order valence-corrected chi connectivity index (χ1v) is 12.5. The predicted octanol–water partition coefficient (Wildman–Crippen LogP) is 4.29. The highest BCUT2D eigenvalue weighted by Crippen LogP contribution is 3.02. The highest BCUT2D eigenvalue weighted by Gasteiger charge is 2.65. The molecule has 2 atom stereocenters.